The van der Waals surface area contributed by atoms with Crippen molar-refractivity contribution in [3.05, 3.63) is 142 Å². The lowest BCUT2D eigenvalue weighted by Crippen LogP contribution is -2.28. The van der Waals surface area contributed by atoms with Gasteiger partial charge in [0.1, 0.15) is 45.2 Å². The smallest absolute Gasteiger partial charge is 0.357 e. The van der Waals surface area contributed by atoms with Crippen LogP contribution in [0.3, 0.4) is 0 Å². The zero-order valence-corrected chi connectivity index (χ0v) is 42.7. The zero-order valence-electron chi connectivity index (χ0n) is 42.7. The molecule has 5 rings (SSSR count). The quantitative estimate of drug-likeness (QED) is 0.0328. The van der Waals surface area contributed by atoms with Gasteiger partial charge in [-0.15, -0.1) is 0 Å². The fourth-order valence-electron chi connectivity index (χ4n) is 6.71. The van der Waals surface area contributed by atoms with Crippen LogP contribution in [0.5, 0.6) is 5.75 Å². The van der Waals surface area contributed by atoms with Crippen LogP contribution in [0.25, 0.3) is 0 Å². The van der Waals surface area contributed by atoms with E-state index in [1.807, 2.05) is 34.1 Å². The van der Waals surface area contributed by atoms with Crippen LogP contribution in [-0.2, 0) is 63.1 Å². The van der Waals surface area contributed by atoms with E-state index in [-0.39, 0.29) is 68.7 Å². The van der Waals surface area contributed by atoms with Gasteiger partial charge in [-0.25, -0.2) is 39.1 Å². The van der Waals surface area contributed by atoms with Crippen molar-refractivity contribution >= 4 is 23.9 Å². The van der Waals surface area contributed by atoms with Crippen LogP contribution in [0.1, 0.15) is 166 Å². The summed E-state index contributed by atoms with van der Waals surface area (Å²) >= 11 is 0. The number of hydrogen-bond acceptors (Lipinski definition) is 17. The van der Waals surface area contributed by atoms with Crippen molar-refractivity contribution in [3.8, 4) is 5.75 Å². The van der Waals surface area contributed by atoms with Gasteiger partial charge in [0.15, 0.2) is 5.75 Å². The highest BCUT2D eigenvalue weighted by Gasteiger charge is 2.25. The number of rotatable bonds is 19. The van der Waals surface area contributed by atoms with Gasteiger partial charge in [-0.3, -0.25) is 14.8 Å². The van der Waals surface area contributed by atoms with Gasteiger partial charge in [-0.2, -0.15) is 4.89 Å². The Kier molecular flexibility index (Phi) is 18.0. The molecule has 0 saturated heterocycles. The molecule has 0 aromatic carbocycles. The Labute approximate surface area is 411 Å². The van der Waals surface area contributed by atoms with E-state index in [9.17, 15) is 19.2 Å². The number of carbonyl (C=O) groups is 4. The maximum Gasteiger partial charge on any atom is 0.357 e. The molecule has 17 nitrogen and oxygen atoms in total. The van der Waals surface area contributed by atoms with Gasteiger partial charge in [0.25, 0.3) is 0 Å². The number of pyridine rings is 5. The van der Waals surface area contributed by atoms with Crippen LogP contribution in [0.2, 0.25) is 0 Å². The molecule has 0 amide bonds. The predicted octanol–water partition coefficient (Wildman–Crippen LogP) is 9.22. The second-order valence-corrected chi connectivity index (χ2v) is 20.6. The van der Waals surface area contributed by atoms with Crippen LogP contribution >= 0.6 is 0 Å². The molecular weight excluding hydrogens is 895 g/mol. The van der Waals surface area contributed by atoms with Gasteiger partial charge in [0.05, 0.1) is 40.8 Å². The van der Waals surface area contributed by atoms with E-state index in [0.29, 0.717) is 39.9 Å². The fourth-order valence-corrected chi connectivity index (χ4v) is 6.71. The van der Waals surface area contributed by atoms with E-state index in [1.54, 1.807) is 151 Å². The molecule has 0 radical (unpaired) electrons. The maximum absolute atomic E-state index is 13.1. The Morgan fingerprint density at radius 3 is 0.900 bits per heavy atom. The minimum Gasteiger partial charge on any atom is -0.455 e. The van der Waals surface area contributed by atoms with E-state index < -0.39 is 46.3 Å². The summed E-state index contributed by atoms with van der Waals surface area (Å²) < 4.78 is 22.5. The number of aromatic nitrogens is 5. The van der Waals surface area contributed by atoms with Gasteiger partial charge < -0.3 is 23.8 Å². The number of nitrogens with zero attached hydrogens (tertiary/aromatic N) is 7. The first kappa shape index (κ1) is 54.3. The Bertz CT molecular complexity index is 2290. The van der Waals surface area contributed by atoms with Crippen molar-refractivity contribution in [1.82, 2.24) is 34.7 Å². The molecule has 0 unspecified atom stereocenters. The van der Waals surface area contributed by atoms with Gasteiger partial charge in [0.2, 0.25) is 0 Å². The SMILES string of the molecule is CCOOc1cc(CN(Cc2cccc(C(=O)OC(C)(C)C)n2)Cc2cccc(C(=O)OC(C)(C)C)n2)nc(CN(Cc2cccc(C(=O)OC(C)(C)C)n2)Cc2cccc(C(=O)OC(C)(C)C)n2)c1. The molecule has 0 aliphatic heterocycles. The minimum atomic E-state index is -0.722. The Morgan fingerprint density at radius 2 is 0.657 bits per heavy atom. The molecule has 5 aromatic heterocycles. The largest absolute Gasteiger partial charge is 0.455 e. The summed E-state index contributed by atoms with van der Waals surface area (Å²) in [6, 6.07) is 24.2. The molecule has 5 heterocycles. The summed E-state index contributed by atoms with van der Waals surface area (Å²) in [5.41, 5.74) is 1.17. The lowest BCUT2D eigenvalue weighted by Gasteiger charge is -2.25. The summed E-state index contributed by atoms with van der Waals surface area (Å²) in [5, 5.41) is 0. The molecule has 0 saturated carbocycles. The highest BCUT2D eigenvalue weighted by molar-refractivity contribution is 5.89. The molecule has 0 aliphatic carbocycles. The van der Waals surface area contributed by atoms with Gasteiger partial charge in [-0.1, -0.05) is 24.3 Å². The standard InChI is InChI=1S/C53H67N7O10/c1-14-65-70-41-27-39(33-59(29-35-19-15-23-42(55-35)46(61)66-50(2,3)4)30-36-20-16-24-43(56-36)47(62)67-51(5,6)7)54-40(28-41)34-60(31-37-21-17-25-44(57-37)48(63)68-52(8,9)10)32-38-22-18-26-45(58-38)49(64)69-53(11,12)13/h15-28H,14,29-34H2,1-13H3. The van der Waals surface area contributed by atoms with Gasteiger partial charge in [0, 0.05) is 51.4 Å². The van der Waals surface area contributed by atoms with Crippen molar-refractivity contribution in [1.29, 1.82) is 0 Å². The minimum absolute atomic E-state index is 0.155. The van der Waals surface area contributed by atoms with Crippen LogP contribution in [0.15, 0.2) is 84.9 Å². The average Bonchev–Trinajstić information content (AvgIpc) is 3.23. The van der Waals surface area contributed by atoms with Gasteiger partial charge in [-0.05, 0) is 139 Å². The summed E-state index contributed by atoms with van der Waals surface area (Å²) in [4.78, 5) is 91.5. The highest BCUT2D eigenvalue weighted by atomic mass is 17.2. The van der Waals surface area contributed by atoms with E-state index in [1.165, 1.54) is 0 Å². The van der Waals surface area contributed by atoms with Crippen LogP contribution in [0.4, 0.5) is 0 Å². The van der Waals surface area contributed by atoms with E-state index >= 15 is 0 Å². The number of esters is 4. The monoisotopic (exact) mass is 961 g/mol. The molecule has 0 fully saturated rings. The van der Waals surface area contributed by atoms with Crippen molar-refractivity contribution < 1.29 is 47.9 Å². The second kappa shape index (κ2) is 23.3. The third-order valence-electron chi connectivity index (χ3n) is 9.15. The summed E-state index contributed by atoms with van der Waals surface area (Å²) in [6.07, 6.45) is 0. The summed E-state index contributed by atoms with van der Waals surface area (Å²) in [5.74, 6) is -1.83. The van der Waals surface area contributed by atoms with E-state index in [2.05, 4.69) is 19.9 Å². The lowest BCUT2D eigenvalue weighted by molar-refractivity contribution is -0.202. The molecule has 5 aromatic rings. The molecule has 374 valence electrons. The first-order valence-corrected chi connectivity index (χ1v) is 23.2. The van der Waals surface area contributed by atoms with Crippen molar-refractivity contribution in [3.63, 3.8) is 0 Å². The first-order chi connectivity index (χ1) is 32.7. The van der Waals surface area contributed by atoms with Crippen LogP contribution in [-0.4, -0.2) is 87.6 Å². The first-order valence-electron chi connectivity index (χ1n) is 23.2. The Balaban J connectivity index is 1.54. The number of carbonyl (C=O) groups excluding carboxylic acids is 4. The van der Waals surface area contributed by atoms with Crippen LogP contribution in [0, 0.1) is 0 Å². The average molecular weight is 962 g/mol. The highest BCUT2D eigenvalue weighted by Crippen LogP contribution is 2.23. The summed E-state index contributed by atoms with van der Waals surface area (Å²) in [7, 11) is 0. The van der Waals surface area contributed by atoms with Crippen molar-refractivity contribution in [2.75, 3.05) is 6.61 Å². The van der Waals surface area contributed by atoms with E-state index in [0.717, 1.165) is 0 Å². The Hall–Kier alpha value is -6.69. The molecule has 17 heteroatoms. The number of hydrogen-bond donors (Lipinski definition) is 0. The normalized spacial score (nSPS) is 12.2. The molecule has 70 heavy (non-hydrogen) atoms. The fraction of sp³-hybridized carbons (Fsp3) is 0.453. The molecule has 0 N–H and O–H groups in total. The van der Waals surface area contributed by atoms with Gasteiger partial charge >= 0.3 is 23.9 Å². The molecule has 0 aliphatic rings. The third-order valence-corrected chi connectivity index (χ3v) is 9.15. The second-order valence-electron chi connectivity index (χ2n) is 20.6. The van der Waals surface area contributed by atoms with Crippen molar-refractivity contribution in [2.24, 2.45) is 0 Å². The maximum atomic E-state index is 13.1. The zero-order chi connectivity index (χ0) is 51.4. The van der Waals surface area contributed by atoms with Crippen LogP contribution < -0.4 is 4.89 Å². The Morgan fingerprint density at radius 1 is 0.400 bits per heavy atom. The predicted molar refractivity (Wildman–Crippen MR) is 260 cm³/mol. The number of ether oxygens (including phenoxy) is 4. The summed E-state index contributed by atoms with van der Waals surface area (Å²) in [6.45, 7) is 24.9. The van der Waals surface area contributed by atoms with Crippen molar-refractivity contribution in [2.45, 2.75) is 152 Å². The third kappa shape index (κ3) is 18.7. The molecule has 0 atom stereocenters. The topological polar surface area (TPSA) is 195 Å². The molecule has 0 spiro atoms. The molecule has 0 bridgehead atoms. The lowest BCUT2D eigenvalue weighted by atomic mass is 10.2. The van der Waals surface area contributed by atoms with E-state index in [4.69, 9.17) is 33.7 Å². The molecular formula is C53H67N7O10.